The van der Waals surface area contributed by atoms with E-state index in [1.807, 2.05) is 0 Å². The zero-order valence-corrected chi connectivity index (χ0v) is 19.1. The summed E-state index contributed by atoms with van der Waals surface area (Å²) in [5.74, 6) is -0.461. The van der Waals surface area contributed by atoms with Crippen LogP contribution in [0.1, 0.15) is 62.2 Å². The fourth-order valence-electron chi connectivity index (χ4n) is 4.28. The molecule has 172 valence electrons. The second-order valence-electron chi connectivity index (χ2n) is 8.14. The Balaban J connectivity index is 1.74. The van der Waals surface area contributed by atoms with Crippen LogP contribution in [0.25, 0.3) is 0 Å². The SMILES string of the molecule is CCOC(=O)C1CCN(C(=O)c2ccc(OC)c(S(=O)(=O)NC3CCCCC3)c2)CC1. The summed E-state index contributed by atoms with van der Waals surface area (Å²) in [7, 11) is -2.41. The van der Waals surface area contributed by atoms with Crippen LogP contribution in [0, 0.1) is 5.92 Å². The molecule has 9 heteroatoms. The molecule has 1 saturated heterocycles. The van der Waals surface area contributed by atoms with Crippen LogP contribution in [-0.2, 0) is 19.6 Å². The highest BCUT2D eigenvalue weighted by Crippen LogP contribution is 2.28. The van der Waals surface area contributed by atoms with Crippen LogP contribution in [0.3, 0.4) is 0 Å². The van der Waals surface area contributed by atoms with E-state index in [0.717, 1.165) is 32.1 Å². The maximum Gasteiger partial charge on any atom is 0.309 e. The molecule has 3 rings (SSSR count). The number of carbonyl (C=O) groups is 2. The highest BCUT2D eigenvalue weighted by atomic mass is 32.2. The standard InChI is InChI=1S/C22H32N2O6S/c1-3-30-22(26)16-11-13-24(14-12-16)21(25)17-9-10-19(29-2)20(15-17)31(27,28)23-18-7-5-4-6-8-18/h9-10,15-16,18,23H,3-8,11-14H2,1-2H3. The molecule has 1 aliphatic heterocycles. The van der Waals surface area contributed by atoms with E-state index in [-0.39, 0.29) is 34.5 Å². The molecule has 0 unspecified atom stereocenters. The van der Waals surface area contributed by atoms with Gasteiger partial charge in [-0.2, -0.15) is 0 Å². The Morgan fingerprint density at radius 1 is 1.10 bits per heavy atom. The normalized spacial score (nSPS) is 18.6. The highest BCUT2D eigenvalue weighted by molar-refractivity contribution is 7.89. The number of nitrogens with one attached hydrogen (secondary N) is 1. The molecule has 0 bridgehead atoms. The minimum absolute atomic E-state index is 0.0205. The number of methoxy groups -OCH3 is 1. The highest BCUT2D eigenvalue weighted by Gasteiger charge is 2.30. The number of nitrogens with zero attached hydrogens (tertiary/aromatic N) is 1. The van der Waals surface area contributed by atoms with Crippen molar-refractivity contribution >= 4 is 21.9 Å². The third-order valence-electron chi connectivity index (χ3n) is 6.03. The molecule has 8 nitrogen and oxygen atoms in total. The molecule has 1 N–H and O–H groups in total. The first kappa shape index (κ1) is 23.5. The number of sulfonamides is 1. The third-order valence-corrected chi connectivity index (χ3v) is 7.57. The van der Waals surface area contributed by atoms with Gasteiger partial charge in [-0.3, -0.25) is 9.59 Å². The summed E-state index contributed by atoms with van der Waals surface area (Å²) in [4.78, 5) is 26.6. The van der Waals surface area contributed by atoms with E-state index in [9.17, 15) is 18.0 Å². The first-order chi connectivity index (χ1) is 14.9. The molecule has 1 amide bonds. The van der Waals surface area contributed by atoms with Crippen LogP contribution >= 0.6 is 0 Å². The number of hydrogen-bond acceptors (Lipinski definition) is 6. The van der Waals surface area contributed by atoms with Crippen molar-refractivity contribution in [2.75, 3.05) is 26.8 Å². The molecular weight excluding hydrogens is 420 g/mol. The van der Waals surface area contributed by atoms with Gasteiger partial charge in [0, 0.05) is 24.7 Å². The summed E-state index contributed by atoms with van der Waals surface area (Å²) < 4.78 is 39.2. The average Bonchev–Trinajstić information content (AvgIpc) is 2.79. The summed E-state index contributed by atoms with van der Waals surface area (Å²) >= 11 is 0. The molecule has 0 aromatic heterocycles. The number of ether oxygens (including phenoxy) is 2. The van der Waals surface area contributed by atoms with E-state index in [2.05, 4.69) is 4.72 Å². The molecule has 1 aromatic rings. The molecule has 1 aliphatic carbocycles. The molecular formula is C22H32N2O6S. The Morgan fingerprint density at radius 2 is 1.77 bits per heavy atom. The van der Waals surface area contributed by atoms with Gasteiger partial charge in [0.05, 0.1) is 19.6 Å². The van der Waals surface area contributed by atoms with Gasteiger partial charge in [0.2, 0.25) is 10.0 Å². The first-order valence-electron chi connectivity index (χ1n) is 11.0. The molecule has 2 aliphatic rings. The monoisotopic (exact) mass is 452 g/mol. The lowest BCUT2D eigenvalue weighted by Crippen LogP contribution is -2.40. The quantitative estimate of drug-likeness (QED) is 0.638. The lowest BCUT2D eigenvalue weighted by Gasteiger charge is -2.31. The predicted molar refractivity (Wildman–Crippen MR) is 115 cm³/mol. The molecule has 1 saturated carbocycles. The molecule has 0 radical (unpaired) electrons. The number of carbonyl (C=O) groups excluding carboxylic acids is 2. The van der Waals surface area contributed by atoms with Crippen molar-refractivity contribution in [2.24, 2.45) is 5.92 Å². The Labute approximate surface area is 184 Å². The van der Waals surface area contributed by atoms with Gasteiger partial charge in [0.15, 0.2) is 0 Å². The van der Waals surface area contributed by atoms with Gasteiger partial charge in [-0.15, -0.1) is 0 Å². The van der Waals surface area contributed by atoms with Crippen LogP contribution in [0.5, 0.6) is 5.75 Å². The largest absolute Gasteiger partial charge is 0.495 e. The Bertz CT molecular complexity index is 887. The minimum Gasteiger partial charge on any atom is -0.495 e. The number of rotatable bonds is 7. The molecule has 2 fully saturated rings. The lowest BCUT2D eigenvalue weighted by molar-refractivity contribution is -0.149. The number of esters is 1. The van der Waals surface area contributed by atoms with Gasteiger partial charge in [-0.25, -0.2) is 13.1 Å². The van der Waals surface area contributed by atoms with Crippen molar-refractivity contribution in [1.29, 1.82) is 0 Å². The Kier molecular flexibility index (Phi) is 7.94. The van der Waals surface area contributed by atoms with Crippen LogP contribution in [0.15, 0.2) is 23.1 Å². The second-order valence-corrected chi connectivity index (χ2v) is 9.82. The summed E-state index contributed by atoms with van der Waals surface area (Å²) in [5.41, 5.74) is 0.291. The Hall–Kier alpha value is -2.13. The third kappa shape index (κ3) is 5.77. The number of piperidine rings is 1. The van der Waals surface area contributed by atoms with Gasteiger partial charge in [-0.1, -0.05) is 19.3 Å². The van der Waals surface area contributed by atoms with E-state index in [4.69, 9.17) is 9.47 Å². The summed E-state index contributed by atoms with van der Waals surface area (Å²) in [5, 5.41) is 0. The van der Waals surface area contributed by atoms with Crippen molar-refractivity contribution in [2.45, 2.75) is 62.8 Å². The van der Waals surface area contributed by atoms with E-state index in [1.165, 1.54) is 19.2 Å². The van der Waals surface area contributed by atoms with Crippen LogP contribution in [-0.4, -0.2) is 58.0 Å². The first-order valence-corrected chi connectivity index (χ1v) is 12.5. The molecule has 1 aromatic carbocycles. The topological polar surface area (TPSA) is 102 Å². The van der Waals surface area contributed by atoms with Crippen molar-refractivity contribution in [1.82, 2.24) is 9.62 Å². The second kappa shape index (κ2) is 10.5. The van der Waals surface area contributed by atoms with Crippen molar-refractivity contribution in [3.63, 3.8) is 0 Å². The predicted octanol–water partition coefficient (Wildman–Crippen LogP) is 2.72. The van der Waals surface area contributed by atoms with Crippen LogP contribution in [0.2, 0.25) is 0 Å². The molecule has 0 spiro atoms. The van der Waals surface area contributed by atoms with Gasteiger partial charge >= 0.3 is 5.97 Å². The number of hydrogen-bond donors (Lipinski definition) is 1. The van der Waals surface area contributed by atoms with Gasteiger partial charge in [-0.05, 0) is 50.8 Å². The molecule has 31 heavy (non-hydrogen) atoms. The zero-order chi connectivity index (χ0) is 22.4. The number of amides is 1. The summed E-state index contributed by atoms with van der Waals surface area (Å²) in [6, 6.07) is 4.40. The van der Waals surface area contributed by atoms with E-state index in [1.54, 1.807) is 17.9 Å². The maximum atomic E-state index is 13.0. The summed E-state index contributed by atoms with van der Waals surface area (Å²) in [6.45, 7) is 2.97. The van der Waals surface area contributed by atoms with E-state index >= 15 is 0 Å². The average molecular weight is 453 g/mol. The van der Waals surface area contributed by atoms with Gasteiger partial charge in [0.25, 0.3) is 5.91 Å². The number of benzene rings is 1. The summed E-state index contributed by atoms with van der Waals surface area (Å²) in [6.07, 6.45) is 5.84. The Morgan fingerprint density at radius 3 is 2.39 bits per heavy atom. The molecule has 0 atom stereocenters. The van der Waals surface area contributed by atoms with Crippen molar-refractivity contribution < 1.29 is 27.5 Å². The van der Waals surface area contributed by atoms with E-state index in [0.29, 0.717) is 38.1 Å². The fourth-order valence-corrected chi connectivity index (χ4v) is 5.78. The fraction of sp³-hybridized carbons (Fsp3) is 0.636. The minimum atomic E-state index is -3.82. The zero-order valence-electron chi connectivity index (χ0n) is 18.3. The molecule has 1 heterocycles. The van der Waals surface area contributed by atoms with Crippen molar-refractivity contribution in [3.05, 3.63) is 23.8 Å². The van der Waals surface area contributed by atoms with Gasteiger partial charge < -0.3 is 14.4 Å². The van der Waals surface area contributed by atoms with Crippen LogP contribution in [0.4, 0.5) is 0 Å². The van der Waals surface area contributed by atoms with Crippen molar-refractivity contribution in [3.8, 4) is 5.75 Å². The smallest absolute Gasteiger partial charge is 0.309 e. The van der Waals surface area contributed by atoms with Gasteiger partial charge in [0.1, 0.15) is 10.6 Å². The van der Waals surface area contributed by atoms with E-state index < -0.39 is 10.0 Å². The lowest BCUT2D eigenvalue weighted by atomic mass is 9.96. The van der Waals surface area contributed by atoms with Crippen LogP contribution < -0.4 is 9.46 Å². The maximum absolute atomic E-state index is 13.0. The number of likely N-dealkylation sites (tertiary alicyclic amines) is 1.